The van der Waals surface area contributed by atoms with Crippen LogP contribution in [0.25, 0.3) is 0 Å². The fourth-order valence-electron chi connectivity index (χ4n) is 4.57. The van der Waals surface area contributed by atoms with Crippen LogP contribution in [0.2, 0.25) is 0 Å². The zero-order valence-electron chi connectivity index (χ0n) is 25.9. The van der Waals surface area contributed by atoms with Crippen LogP contribution in [-0.2, 0) is 24.8 Å². The number of hydrogen-bond donors (Lipinski definition) is 1. The maximum Gasteiger partial charge on any atom is 0.472 e. The molecule has 1 N–H and O–H groups in total. The Bertz CT molecular complexity index is 757. The Balaban J connectivity index is 1.72. The standard InChI is InChI=1S/C32H59INO5P/c1-34(2,3)26-30-39-40(35,36)38-29-20-28-37-27-19-17-15-13-11-9-7-5-4-6-8-10-12-14-16-18-21-31-22-24-32(33)25-23-31/h22-25H,4-21,26-30H2,1-3H3/p+1/i33+4. The zero-order valence-corrected chi connectivity index (χ0v) is 29.0. The van der Waals surface area contributed by atoms with Gasteiger partial charge in [-0.3, -0.25) is 9.05 Å². The van der Waals surface area contributed by atoms with Crippen LogP contribution in [0.1, 0.15) is 115 Å². The lowest BCUT2D eigenvalue weighted by molar-refractivity contribution is -0.870. The second kappa shape index (κ2) is 24.4. The molecule has 0 aliphatic heterocycles. The maximum absolute atomic E-state index is 11.8. The van der Waals surface area contributed by atoms with Crippen LogP contribution >= 0.6 is 30.4 Å². The quantitative estimate of drug-likeness (QED) is 0.0409. The van der Waals surface area contributed by atoms with Gasteiger partial charge in [-0.05, 0) is 66.0 Å². The summed E-state index contributed by atoms with van der Waals surface area (Å²) < 4.78 is 29.4. The first-order valence-electron chi connectivity index (χ1n) is 15.9. The first-order valence-corrected chi connectivity index (χ1v) is 18.5. The first-order chi connectivity index (χ1) is 19.2. The summed E-state index contributed by atoms with van der Waals surface area (Å²) in [6, 6.07) is 8.97. The molecule has 0 bridgehead atoms. The number of hydrogen-bond acceptors (Lipinski definition) is 4. The molecule has 1 aromatic carbocycles. The number of unbranched alkanes of at least 4 members (excludes halogenated alkanes) is 15. The lowest BCUT2D eigenvalue weighted by Gasteiger charge is -2.24. The SMILES string of the molecule is C[N+](C)(C)CCOP(=O)(O)OCCCOCCCCCCCCCCCCCCCCCCc1ccc([131I])cc1. The van der Waals surface area contributed by atoms with Crippen molar-refractivity contribution in [2.24, 2.45) is 0 Å². The first kappa shape index (κ1) is 38.0. The Hall–Kier alpha value is -0.0200. The number of rotatable bonds is 28. The minimum absolute atomic E-state index is 0.174. The average Bonchev–Trinajstić information content (AvgIpc) is 2.89. The van der Waals surface area contributed by atoms with E-state index in [2.05, 4.69) is 46.9 Å². The summed E-state index contributed by atoms with van der Waals surface area (Å²) in [6.45, 7) is 2.32. The summed E-state index contributed by atoms with van der Waals surface area (Å²) in [5, 5.41) is 0. The molecule has 0 saturated carbocycles. The van der Waals surface area contributed by atoms with Gasteiger partial charge in [0.15, 0.2) is 0 Å². The molecule has 6 nitrogen and oxygen atoms in total. The summed E-state index contributed by atoms with van der Waals surface area (Å²) in [5.74, 6) is 0. The molecule has 40 heavy (non-hydrogen) atoms. The third kappa shape index (κ3) is 25.7. The Morgan fingerprint density at radius 3 is 1.55 bits per heavy atom. The number of likely N-dealkylation sites (N-methyl/N-ethyl adjacent to an activating group) is 1. The minimum atomic E-state index is -3.95. The van der Waals surface area contributed by atoms with Crippen molar-refractivity contribution < 1.29 is 27.7 Å². The minimum Gasteiger partial charge on any atom is -0.381 e. The number of aryl methyl sites for hydroxylation is 1. The molecule has 1 rings (SSSR count). The molecule has 0 aliphatic rings. The molecule has 234 valence electrons. The molecule has 1 atom stereocenters. The molecule has 0 aromatic heterocycles. The predicted molar refractivity (Wildman–Crippen MR) is 177 cm³/mol. The summed E-state index contributed by atoms with van der Waals surface area (Å²) in [4.78, 5) is 9.67. The number of phosphoric acid groups is 1. The molecule has 0 fully saturated rings. The van der Waals surface area contributed by atoms with E-state index in [4.69, 9.17) is 13.8 Å². The summed E-state index contributed by atoms with van der Waals surface area (Å²) >= 11 is 2.37. The van der Waals surface area contributed by atoms with Crippen LogP contribution in [0.3, 0.4) is 0 Å². The van der Waals surface area contributed by atoms with Crippen molar-refractivity contribution in [3.05, 3.63) is 33.4 Å². The van der Waals surface area contributed by atoms with Gasteiger partial charge in [0.2, 0.25) is 0 Å². The lowest BCUT2D eigenvalue weighted by Crippen LogP contribution is -2.37. The van der Waals surface area contributed by atoms with Gasteiger partial charge in [-0.2, -0.15) is 0 Å². The Kier molecular flexibility index (Phi) is 23.2. The van der Waals surface area contributed by atoms with E-state index in [1.807, 2.05) is 21.1 Å². The molecule has 1 aromatic rings. The van der Waals surface area contributed by atoms with E-state index in [0.29, 0.717) is 24.1 Å². The second-order valence-electron chi connectivity index (χ2n) is 12.1. The smallest absolute Gasteiger partial charge is 0.381 e. The third-order valence-corrected chi connectivity index (χ3v) is 8.86. The number of halogens is 1. The highest BCUT2D eigenvalue weighted by Crippen LogP contribution is 2.43. The van der Waals surface area contributed by atoms with Crippen molar-refractivity contribution in [3.8, 4) is 0 Å². The molecule has 8 heteroatoms. The summed E-state index contributed by atoms with van der Waals surface area (Å²) in [7, 11) is 2.06. The van der Waals surface area contributed by atoms with Crippen molar-refractivity contribution >= 4 is 30.4 Å². The number of nitrogens with zero attached hydrogens (tertiary/aromatic N) is 1. The van der Waals surface area contributed by atoms with Crippen molar-refractivity contribution in [2.75, 3.05) is 54.1 Å². The second-order valence-corrected chi connectivity index (χ2v) is 14.8. The van der Waals surface area contributed by atoms with Crippen LogP contribution < -0.4 is 0 Å². The Morgan fingerprint density at radius 1 is 0.625 bits per heavy atom. The Labute approximate surface area is 260 Å². The fraction of sp³-hybridized carbons (Fsp3) is 0.812. The van der Waals surface area contributed by atoms with Crippen LogP contribution in [0.4, 0.5) is 0 Å². The van der Waals surface area contributed by atoms with Crippen LogP contribution in [0, 0.1) is 3.57 Å². The van der Waals surface area contributed by atoms with E-state index in [-0.39, 0.29) is 13.2 Å². The molecule has 0 radical (unpaired) electrons. The van der Waals surface area contributed by atoms with Crippen LogP contribution in [0.5, 0.6) is 0 Å². The van der Waals surface area contributed by atoms with Gasteiger partial charge in [0.25, 0.3) is 0 Å². The van der Waals surface area contributed by atoms with Gasteiger partial charge in [0.05, 0.1) is 27.7 Å². The van der Waals surface area contributed by atoms with E-state index in [1.165, 1.54) is 112 Å². The van der Waals surface area contributed by atoms with E-state index < -0.39 is 7.82 Å². The maximum atomic E-state index is 11.8. The zero-order chi connectivity index (χ0) is 29.4. The highest BCUT2D eigenvalue weighted by Gasteiger charge is 2.22. The van der Waals surface area contributed by atoms with Gasteiger partial charge in [-0.25, -0.2) is 4.57 Å². The molecule has 0 amide bonds. The van der Waals surface area contributed by atoms with E-state index >= 15 is 0 Å². The topological polar surface area (TPSA) is 65.0 Å². The van der Waals surface area contributed by atoms with Crippen molar-refractivity contribution in [3.63, 3.8) is 0 Å². The lowest BCUT2D eigenvalue weighted by atomic mass is 10.0. The summed E-state index contributed by atoms with van der Waals surface area (Å²) in [6.07, 6.45) is 23.5. The normalized spacial score (nSPS) is 13.5. The van der Waals surface area contributed by atoms with E-state index in [0.717, 1.165) is 13.0 Å². The molecular weight excluding hydrogens is 640 g/mol. The van der Waals surface area contributed by atoms with Crippen LogP contribution in [0.15, 0.2) is 24.3 Å². The van der Waals surface area contributed by atoms with Gasteiger partial charge in [-0.15, -0.1) is 0 Å². The van der Waals surface area contributed by atoms with E-state index in [1.54, 1.807) is 0 Å². The number of benzene rings is 1. The van der Waals surface area contributed by atoms with E-state index in [9.17, 15) is 9.46 Å². The van der Waals surface area contributed by atoms with Crippen molar-refractivity contribution in [1.82, 2.24) is 0 Å². The number of quaternary nitrogens is 1. The monoisotopic (exact) mass is 700 g/mol. The molecule has 0 saturated heterocycles. The highest BCUT2D eigenvalue weighted by molar-refractivity contribution is 14.1. The van der Waals surface area contributed by atoms with Crippen LogP contribution in [-0.4, -0.2) is 63.5 Å². The molecule has 0 aliphatic carbocycles. The van der Waals surface area contributed by atoms with Crippen molar-refractivity contribution in [1.29, 1.82) is 0 Å². The van der Waals surface area contributed by atoms with Gasteiger partial charge in [0.1, 0.15) is 13.2 Å². The van der Waals surface area contributed by atoms with Gasteiger partial charge < -0.3 is 14.1 Å². The molecule has 0 heterocycles. The van der Waals surface area contributed by atoms with Gasteiger partial charge in [-0.1, -0.05) is 102 Å². The Morgan fingerprint density at radius 2 is 1.05 bits per heavy atom. The average molecular weight is 701 g/mol. The van der Waals surface area contributed by atoms with Gasteiger partial charge >= 0.3 is 7.82 Å². The third-order valence-electron chi connectivity index (χ3n) is 7.12. The molecular formula is C32H60INO5P+. The number of phosphoric ester groups is 1. The molecule has 1 unspecified atom stereocenters. The molecule has 0 spiro atoms. The van der Waals surface area contributed by atoms with Gasteiger partial charge in [0, 0.05) is 16.8 Å². The fourth-order valence-corrected chi connectivity index (χ4v) is 5.68. The highest BCUT2D eigenvalue weighted by atomic mass is 131. The van der Waals surface area contributed by atoms with Crippen molar-refractivity contribution in [2.45, 2.75) is 116 Å². The summed E-state index contributed by atoms with van der Waals surface area (Å²) in [5.41, 5.74) is 1.48. The largest absolute Gasteiger partial charge is 0.472 e. The predicted octanol–water partition coefficient (Wildman–Crippen LogP) is 9.32. The number of ether oxygens (including phenoxy) is 1.